The standard InChI is InChI=1S/C15H14F2OS/c1-2-15(18)10-3-5-11(6-4-10)19-12-7-8-13(16)14(17)9-12/h3-9,15,18H,2H2,1H3/t15-/m1/s1. The first-order valence-electron chi connectivity index (χ1n) is 6.01. The van der Waals surface area contributed by atoms with Gasteiger partial charge < -0.3 is 5.11 Å². The zero-order chi connectivity index (χ0) is 13.8. The van der Waals surface area contributed by atoms with Gasteiger partial charge in [-0.2, -0.15) is 0 Å². The second-order valence-corrected chi connectivity index (χ2v) is 5.32. The van der Waals surface area contributed by atoms with E-state index in [1.807, 2.05) is 31.2 Å². The molecule has 0 aliphatic rings. The van der Waals surface area contributed by atoms with Crippen molar-refractivity contribution in [3.63, 3.8) is 0 Å². The molecule has 2 aromatic rings. The molecule has 0 fully saturated rings. The van der Waals surface area contributed by atoms with Gasteiger partial charge in [-0.15, -0.1) is 0 Å². The van der Waals surface area contributed by atoms with Gasteiger partial charge in [0.05, 0.1) is 6.10 Å². The molecule has 2 rings (SSSR count). The Morgan fingerprint density at radius 2 is 1.63 bits per heavy atom. The summed E-state index contributed by atoms with van der Waals surface area (Å²) >= 11 is 1.35. The zero-order valence-corrected chi connectivity index (χ0v) is 11.3. The van der Waals surface area contributed by atoms with Crippen molar-refractivity contribution in [1.82, 2.24) is 0 Å². The lowest BCUT2D eigenvalue weighted by Gasteiger charge is -2.09. The largest absolute Gasteiger partial charge is 0.388 e. The van der Waals surface area contributed by atoms with Crippen LogP contribution in [-0.2, 0) is 0 Å². The summed E-state index contributed by atoms with van der Waals surface area (Å²) in [7, 11) is 0. The first-order chi connectivity index (χ1) is 9.10. The lowest BCUT2D eigenvalue weighted by atomic mass is 10.1. The number of aliphatic hydroxyl groups excluding tert-OH is 1. The van der Waals surface area contributed by atoms with Crippen molar-refractivity contribution in [2.24, 2.45) is 0 Å². The number of hydrogen-bond donors (Lipinski definition) is 1. The van der Waals surface area contributed by atoms with E-state index in [2.05, 4.69) is 0 Å². The van der Waals surface area contributed by atoms with Crippen molar-refractivity contribution >= 4 is 11.8 Å². The summed E-state index contributed by atoms with van der Waals surface area (Å²) in [4.78, 5) is 1.56. The fourth-order valence-corrected chi connectivity index (χ4v) is 2.51. The van der Waals surface area contributed by atoms with Crippen LogP contribution in [0.3, 0.4) is 0 Å². The Bertz CT molecular complexity index is 555. The van der Waals surface area contributed by atoms with Crippen LogP contribution in [0.4, 0.5) is 8.78 Å². The third kappa shape index (κ3) is 3.55. The maximum atomic E-state index is 13.1. The van der Waals surface area contributed by atoms with Gasteiger partial charge >= 0.3 is 0 Å². The van der Waals surface area contributed by atoms with Crippen molar-refractivity contribution in [1.29, 1.82) is 0 Å². The van der Waals surface area contributed by atoms with Crippen LogP contribution < -0.4 is 0 Å². The minimum absolute atomic E-state index is 0.456. The molecule has 0 saturated heterocycles. The summed E-state index contributed by atoms with van der Waals surface area (Å²) in [5.74, 6) is -1.69. The molecule has 1 nitrogen and oxygen atoms in total. The first-order valence-corrected chi connectivity index (χ1v) is 6.82. The van der Waals surface area contributed by atoms with Crippen molar-refractivity contribution in [3.05, 3.63) is 59.7 Å². The molecular weight excluding hydrogens is 266 g/mol. The molecule has 2 aromatic carbocycles. The van der Waals surface area contributed by atoms with Crippen LogP contribution in [0.1, 0.15) is 25.0 Å². The molecule has 0 saturated carbocycles. The van der Waals surface area contributed by atoms with E-state index < -0.39 is 17.7 Å². The van der Waals surface area contributed by atoms with Crippen LogP contribution in [-0.4, -0.2) is 5.11 Å². The average Bonchev–Trinajstić information content (AvgIpc) is 2.43. The normalized spacial score (nSPS) is 12.4. The molecule has 0 radical (unpaired) electrons. The molecule has 4 heteroatoms. The number of halogens is 2. The summed E-state index contributed by atoms with van der Waals surface area (Å²) in [5, 5.41) is 9.68. The zero-order valence-electron chi connectivity index (χ0n) is 10.4. The van der Waals surface area contributed by atoms with E-state index >= 15 is 0 Å². The van der Waals surface area contributed by atoms with Crippen molar-refractivity contribution < 1.29 is 13.9 Å². The highest BCUT2D eigenvalue weighted by atomic mass is 32.2. The number of aliphatic hydroxyl groups is 1. The average molecular weight is 280 g/mol. The highest BCUT2D eigenvalue weighted by Crippen LogP contribution is 2.29. The fourth-order valence-electron chi connectivity index (χ4n) is 1.67. The Kier molecular flexibility index (Phi) is 4.56. The maximum absolute atomic E-state index is 13.1. The van der Waals surface area contributed by atoms with Gasteiger partial charge in [0.1, 0.15) is 0 Å². The highest BCUT2D eigenvalue weighted by Gasteiger charge is 2.06. The van der Waals surface area contributed by atoms with Gasteiger partial charge in [0.25, 0.3) is 0 Å². The highest BCUT2D eigenvalue weighted by molar-refractivity contribution is 7.99. The van der Waals surface area contributed by atoms with Gasteiger partial charge in [-0.3, -0.25) is 0 Å². The van der Waals surface area contributed by atoms with Crippen molar-refractivity contribution in [2.45, 2.75) is 29.2 Å². The first kappa shape index (κ1) is 14.0. The van der Waals surface area contributed by atoms with E-state index in [0.29, 0.717) is 11.3 Å². The molecule has 19 heavy (non-hydrogen) atoms. The monoisotopic (exact) mass is 280 g/mol. The molecule has 0 heterocycles. The fraction of sp³-hybridized carbons (Fsp3) is 0.200. The smallest absolute Gasteiger partial charge is 0.159 e. The number of hydrogen-bond acceptors (Lipinski definition) is 2. The topological polar surface area (TPSA) is 20.2 Å². The van der Waals surface area contributed by atoms with Crippen LogP contribution in [0, 0.1) is 11.6 Å². The van der Waals surface area contributed by atoms with Gasteiger partial charge in [0, 0.05) is 9.79 Å². The summed E-state index contributed by atoms with van der Waals surface area (Å²) in [6.45, 7) is 1.91. The van der Waals surface area contributed by atoms with E-state index in [-0.39, 0.29) is 0 Å². The third-order valence-corrected chi connectivity index (χ3v) is 3.78. The maximum Gasteiger partial charge on any atom is 0.159 e. The molecule has 0 aliphatic carbocycles. The van der Waals surface area contributed by atoms with Gasteiger partial charge in [-0.25, -0.2) is 8.78 Å². The molecule has 0 aromatic heterocycles. The van der Waals surface area contributed by atoms with Crippen LogP contribution in [0.2, 0.25) is 0 Å². The molecule has 0 unspecified atom stereocenters. The Morgan fingerprint density at radius 3 is 2.21 bits per heavy atom. The summed E-state index contributed by atoms with van der Waals surface area (Å²) < 4.78 is 25.9. The lowest BCUT2D eigenvalue weighted by Crippen LogP contribution is -1.94. The van der Waals surface area contributed by atoms with E-state index in [9.17, 15) is 13.9 Å². The minimum atomic E-state index is -0.844. The van der Waals surface area contributed by atoms with Gasteiger partial charge in [-0.05, 0) is 42.3 Å². The van der Waals surface area contributed by atoms with Crippen LogP contribution >= 0.6 is 11.8 Å². The van der Waals surface area contributed by atoms with E-state index in [1.54, 1.807) is 0 Å². The Balaban J connectivity index is 2.12. The molecule has 0 aliphatic heterocycles. The van der Waals surface area contributed by atoms with Crippen LogP contribution in [0.5, 0.6) is 0 Å². The van der Waals surface area contributed by atoms with Gasteiger partial charge in [0.2, 0.25) is 0 Å². The summed E-state index contributed by atoms with van der Waals surface area (Å²) in [5.41, 5.74) is 0.858. The van der Waals surface area contributed by atoms with E-state index in [4.69, 9.17) is 0 Å². The number of rotatable bonds is 4. The van der Waals surface area contributed by atoms with Crippen LogP contribution in [0.15, 0.2) is 52.3 Å². The molecule has 100 valence electrons. The predicted octanol–water partition coefficient (Wildman–Crippen LogP) is 4.56. The second kappa shape index (κ2) is 6.17. The van der Waals surface area contributed by atoms with Crippen molar-refractivity contribution in [2.75, 3.05) is 0 Å². The van der Waals surface area contributed by atoms with E-state index in [1.165, 1.54) is 23.9 Å². The quantitative estimate of drug-likeness (QED) is 0.886. The summed E-state index contributed by atoms with van der Waals surface area (Å²) in [6, 6.07) is 11.2. The molecule has 0 spiro atoms. The minimum Gasteiger partial charge on any atom is -0.388 e. The Morgan fingerprint density at radius 1 is 1.00 bits per heavy atom. The molecule has 0 bridgehead atoms. The predicted molar refractivity (Wildman–Crippen MR) is 72.2 cm³/mol. The van der Waals surface area contributed by atoms with E-state index in [0.717, 1.165) is 16.5 Å². The molecule has 0 amide bonds. The van der Waals surface area contributed by atoms with Gasteiger partial charge in [-0.1, -0.05) is 30.8 Å². The SMILES string of the molecule is CC[C@@H](O)c1ccc(Sc2ccc(F)c(F)c2)cc1. The van der Waals surface area contributed by atoms with Crippen molar-refractivity contribution in [3.8, 4) is 0 Å². The summed E-state index contributed by atoms with van der Waals surface area (Å²) in [6.07, 6.45) is 0.206. The molecular formula is C15H14F2OS. The van der Waals surface area contributed by atoms with Crippen LogP contribution in [0.25, 0.3) is 0 Å². The third-order valence-electron chi connectivity index (χ3n) is 2.78. The second-order valence-electron chi connectivity index (χ2n) is 4.17. The number of benzene rings is 2. The lowest BCUT2D eigenvalue weighted by molar-refractivity contribution is 0.173. The molecule has 1 N–H and O–H groups in total. The molecule has 1 atom stereocenters. The van der Waals surface area contributed by atoms with Gasteiger partial charge in [0.15, 0.2) is 11.6 Å². The Hall–Kier alpha value is -1.39. The Labute approximate surface area is 115 Å².